The summed E-state index contributed by atoms with van der Waals surface area (Å²) in [5.74, 6) is 0.820. The first-order valence-electron chi connectivity index (χ1n) is 6.89. The quantitative estimate of drug-likeness (QED) is 0.770. The van der Waals surface area contributed by atoms with Crippen molar-refractivity contribution in [3.8, 4) is 5.75 Å². The van der Waals surface area contributed by atoms with E-state index in [4.69, 9.17) is 16.3 Å². The normalized spacial score (nSPS) is 10.2. The number of nitrogens with one attached hydrogen (secondary N) is 1. The maximum Gasteiger partial charge on any atom is 0.234 e. The summed E-state index contributed by atoms with van der Waals surface area (Å²) in [5.41, 5.74) is 1.14. The van der Waals surface area contributed by atoms with Crippen molar-refractivity contribution in [3.63, 3.8) is 0 Å². The molecule has 2 aromatic carbocycles. The Hall–Kier alpha value is -1.98. The van der Waals surface area contributed by atoms with Gasteiger partial charge in [-0.1, -0.05) is 41.9 Å². The maximum absolute atomic E-state index is 11.9. The van der Waals surface area contributed by atoms with Gasteiger partial charge in [0.1, 0.15) is 5.75 Å². The molecule has 2 aromatic rings. The third-order valence-corrected chi connectivity index (χ3v) is 4.27. The molecular formula is C17H16ClNO3S. The molecule has 0 saturated heterocycles. The first kappa shape index (κ1) is 17.4. The average molecular weight is 350 g/mol. The van der Waals surface area contributed by atoms with Gasteiger partial charge in [0.15, 0.2) is 5.78 Å². The Labute approximate surface area is 144 Å². The van der Waals surface area contributed by atoms with Gasteiger partial charge in [-0.15, -0.1) is 11.8 Å². The van der Waals surface area contributed by atoms with Crippen molar-refractivity contribution >= 4 is 40.7 Å². The zero-order valence-corrected chi connectivity index (χ0v) is 14.1. The van der Waals surface area contributed by atoms with E-state index in [0.717, 1.165) is 0 Å². The van der Waals surface area contributed by atoms with E-state index in [9.17, 15) is 9.59 Å². The van der Waals surface area contributed by atoms with Gasteiger partial charge in [0.05, 0.1) is 29.3 Å². The molecule has 0 unspecified atom stereocenters. The maximum atomic E-state index is 11.9. The Bertz CT molecular complexity index is 691. The van der Waals surface area contributed by atoms with E-state index < -0.39 is 0 Å². The predicted molar refractivity (Wildman–Crippen MR) is 94.7 cm³/mol. The molecule has 1 N–H and O–H groups in total. The lowest BCUT2D eigenvalue weighted by molar-refractivity contribution is -0.113. The van der Waals surface area contributed by atoms with E-state index in [1.54, 1.807) is 37.4 Å². The van der Waals surface area contributed by atoms with Gasteiger partial charge in [-0.2, -0.15) is 0 Å². The van der Waals surface area contributed by atoms with Crippen LogP contribution in [0.3, 0.4) is 0 Å². The van der Waals surface area contributed by atoms with Gasteiger partial charge in [-0.3, -0.25) is 9.59 Å². The summed E-state index contributed by atoms with van der Waals surface area (Å²) in [4.78, 5) is 23.9. The predicted octanol–water partition coefficient (Wildman–Crippen LogP) is 3.90. The van der Waals surface area contributed by atoms with Crippen molar-refractivity contribution in [1.82, 2.24) is 0 Å². The molecule has 0 aliphatic heterocycles. The SMILES string of the molecule is COc1ccc(Cl)c(NC(=O)CSCC(=O)c2ccccc2)c1. The highest BCUT2D eigenvalue weighted by Gasteiger charge is 2.10. The van der Waals surface area contributed by atoms with Crippen LogP contribution in [-0.4, -0.2) is 30.3 Å². The van der Waals surface area contributed by atoms with Crippen LogP contribution in [0.2, 0.25) is 5.02 Å². The van der Waals surface area contributed by atoms with Crippen molar-refractivity contribution in [2.24, 2.45) is 0 Å². The smallest absolute Gasteiger partial charge is 0.234 e. The lowest BCUT2D eigenvalue weighted by atomic mass is 10.2. The third kappa shape index (κ3) is 5.30. The van der Waals surface area contributed by atoms with Gasteiger partial charge < -0.3 is 10.1 Å². The highest BCUT2D eigenvalue weighted by atomic mass is 35.5. The monoisotopic (exact) mass is 349 g/mol. The molecule has 0 heterocycles. The van der Waals surface area contributed by atoms with E-state index in [-0.39, 0.29) is 23.2 Å². The second-order valence-electron chi connectivity index (χ2n) is 4.68. The molecule has 0 bridgehead atoms. The van der Waals surface area contributed by atoms with E-state index in [1.807, 2.05) is 18.2 Å². The molecule has 4 nitrogen and oxygen atoms in total. The summed E-state index contributed by atoms with van der Waals surface area (Å²) in [7, 11) is 1.54. The Balaban J connectivity index is 1.83. The second kappa shape index (κ2) is 8.60. The van der Waals surface area contributed by atoms with Crippen LogP contribution >= 0.6 is 23.4 Å². The Morgan fingerprint density at radius 3 is 2.57 bits per heavy atom. The number of rotatable bonds is 7. The van der Waals surface area contributed by atoms with Gasteiger partial charge in [0, 0.05) is 11.6 Å². The summed E-state index contributed by atoms with van der Waals surface area (Å²) in [6.07, 6.45) is 0. The summed E-state index contributed by atoms with van der Waals surface area (Å²) in [5, 5.41) is 3.15. The van der Waals surface area contributed by atoms with Gasteiger partial charge in [0.25, 0.3) is 0 Å². The molecule has 23 heavy (non-hydrogen) atoms. The van der Waals surface area contributed by atoms with Gasteiger partial charge >= 0.3 is 0 Å². The van der Waals surface area contributed by atoms with Crippen molar-refractivity contribution in [2.45, 2.75) is 0 Å². The zero-order chi connectivity index (χ0) is 16.7. The molecule has 0 radical (unpaired) electrons. The first-order valence-corrected chi connectivity index (χ1v) is 8.43. The number of anilines is 1. The lowest BCUT2D eigenvalue weighted by Gasteiger charge is -2.09. The molecule has 2 rings (SSSR count). The fraction of sp³-hybridized carbons (Fsp3) is 0.176. The van der Waals surface area contributed by atoms with Crippen LogP contribution in [0, 0.1) is 0 Å². The Kier molecular flexibility index (Phi) is 6.50. The van der Waals surface area contributed by atoms with Crippen molar-refractivity contribution < 1.29 is 14.3 Å². The number of benzene rings is 2. The third-order valence-electron chi connectivity index (χ3n) is 3.01. The number of hydrogen-bond acceptors (Lipinski definition) is 4. The standard InChI is InChI=1S/C17H16ClNO3S/c1-22-13-7-8-14(18)15(9-13)19-17(21)11-23-10-16(20)12-5-3-2-4-6-12/h2-9H,10-11H2,1H3,(H,19,21). The van der Waals surface area contributed by atoms with Gasteiger partial charge in [0.2, 0.25) is 5.91 Å². The van der Waals surface area contributed by atoms with E-state index in [1.165, 1.54) is 11.8 Å². The molecule has 1 amide bonds. The minimum atomic E-state index is -0.217. The van der Waals surface area contributed by atoms with Crippen molar-refractivity contribution in [2.75, 3.05) is 23.9 Å². The van der Waals surface area contributed by atoms with Crippen molar-refractivity contribution in [3.05, 3.63) is 59.1 Å². The van der Waals surface area contributed by atoms with Crippen molar-refractivity contribution in [1.29, 1.82) is 0 Å². The summed E-state index contributed by atoms with van der Waals surface area (Å²) in [6, 6.07) is 14.0. The number of Topliss-reactive ketones (excluding diaryl/α,β-unsaturated/α-hetero) is 1. The van der Waals surface area contributed by atoms with E-state index in [0.29, 0.717) is 22.0 Å². The minimum Gasteiger partial charge on any atom is -0.497 e. The van der Waals surface area contributed by atoms with E-state index >= 15 is 0 Å². The van der Waals surface area contributed by atoms with Crippen LogP contribution in [0.15, 0.2) is 48.5 Å². The molecule has 0 atom stereocenters. The molecule has 0 saturated carbocycles. The van der Waals surface area contributed by atoms with E-state index in [2.05, 4.69) is 5.32 Å². The number of carbonyl (C=O) groups excluding carboxylic acids is 2. The number of carbonyl (C=O) groups is 2. The summed E-state index contributed by atoms with van der Waals surface area (Å²) in [6.45, 7) is 0. The van der Waals surface area contributed by atoms with Crippen LogP contribution < -0.4 is 10.1 Å². The highest BCUT2D eigenvalue weighted by Crippen LogP contribution is 2.26. The molecule has 120 valence electrons. The molecule has 0 aromatic heterocycles. The topological polar surface area (TPSA) is 55.4 Å². The first-order chi connectivity index (χ1) is 11.1. The molecule has 0 aliphatic rings. The number of amides is 1. The molecule has 6 heteroatoms. The second-order valence-corrected chi connectivity index (χ2v) is 6.07. The molecular weight excluding hydrogens is 334 g/mol. The summed E-state index contributed by atoms with van der Waals surface area (Å²) >= 11 is 7.29. The van der Waals surface area contributed by atoms with Crippen LogP contribution in [0.4, 0.5) is 5.69 Å². The summed E-state index contributed by atoms with van der Waals surface area (Å²) < 4.78 is 5.09. The molecule has 0 aliphatic carbocycles. The number of thioether (sulfide) groups is 1. The fourth-order valence-electron chi connectivity index (χ4n) is 1.86. The van der Waals surface area contributed by atoms with Crippen LogP contribution in [0.5, 0.6) is 5.75 Å². The number of ketones is 1. The van der Waals surface area contributed by atoms with Gasteiger partial charge in [-0.25, -0.2) is 0 Å². The number of methoxy groups -OCH3 is 1. The Morgan fingerprint density at radius 1 is 1.13 bits per heavy atom. The van der Waals surface area contributed by atoms with Crippen LogP contribution in [0.1, 0.15) is 10.4 Å². The number of hydrogen-bond donors (Lipinski definition) is 1. The highest BCUT2D eigenvalue weighted by molar-refractivity contribution is 8.00. The molecule has 0 spiro atoms. The average Bonchev–Trinajstić information content (AvgIpc) is 2.57. The lowest BCUT2D eigenvalue weighted by Crippen LogP contribution is -2.16. The van der Waals surface area contributed by atoms with Crippen LogP contribution in [-0.2, 0) is 4.79 Å². The largest absolute Gasteiger partial charge is 0.497 e. The Morgan fingerprint density at radius 2 is 1.87 bits per heavy atom. The number of halogens is 1. The van der Waals surface area contributed by atoms with Gasteiger partial charge in [-0.05, 0) is 12.1 Å². The number of ether oxygens (including phenoxy) is 1. The zero-order valence-electron chi connectivity index (χ0n) is 12.5. The fourth-order valence-corrected chi connectivity index (χ4v) is 2.73. The molecule has 0 fully saturated rings. The minimum absolute atomic E-state index is 0.00260. The van der Waals surface area contributed by atoms with Crippen LogP contribution in [0.25, 0.3) is 0 Å².